The van der Waals surface area contributed by atoms with Crippen LogP contribution in [0.4, 0.5) is 0 Å². The Balaban J connectivity index is 1.73. The number of ether oxygens (including phenoxy) is 1. The van der Waals surface area contributed by atoms with Gasteiger partial charge in [0.15, 0.2) is 11.5 Å². The van der Waals surface area contributed by atoms with Crippen molar-refractivity contribution in [2.45, 2.75) is 111 Å². The molecule has 2 saturated carbocycles. The summed E-state index contributed by atoms with van der Waals surface area (Å²) in [5, 5.41) is 44.7. The average molecular weight is 575 g/mol. The monoisotopic (exact) mass is 574 g/mol. The van der Waals surface area contributed by atoms with Gasteiger partial charge in [-0.25, -0.2) is 0 Å². The van der Waals surface area contributed by atoms with Crippen molar-refractivity contribution < 1.29 is 44.3 Å². The molecule has 0 bridgehead atoms. The maximum absolute atomic E-state index is 14.3. The molecule has 0 saturated heterocycles. The minimum atomic E-state index is -2.10. The molecule has 2 fully saturated rings. The van der Waals surface area contributed by atoms with Gasteiger partial charge in [0.05, 0.1) is 11.5 Å². The van der Waals surface area contributed by atoms with Gasteiger partial charge in [-0.05, 0) is 70.3 Å². The molecule has 4 aliphatic rings. The molecule has 4 aliphatic carbocycles. The van der Waals surface area contributed by atoms with Crippen LogP contribution in [0.1, 0.15) is 88.0 Å². The zero-order valence-corrected chi connectivity index (χ0v) is 25.7. The third-order valence-corrected chi connectivity index (χ3v) is 11.8. The fourth-order valence-electron chi connectivity index (χ4n) is 9.21. The lowest BCUT2D eigenvalue weighted by Crippen LogP contribution is -2.64. The van der Waals surface area contributed by atoms with Gasteiger partial charge in [0, 0.05) is 37.0 Å². The predicted molar refractivity (Wildman–Crippen MR) is 149 cm³/mol. The van der Waals surface area contributed by atoms with E-state index in [0.29, 0.717) is 6.42 Å². The van der Waals surface area contributed by atoms with E-state index in [-0.39, 0.29) is 36.1 Å². The molecule has 9 nitrogen and oxygen atoms in total. The highest BCUT2D eigenvalue weighted by Crippen LogP contribution is 2.73. The molecule has 4 N–H and O–H groups in total. The Hall–Kier alpha value is -2.36. The maximum atomic E-state index is 14.3. The van der Waals surface area contributed by atoms with Crippen LogP contribution in [0, 0.1) is 39.4 Å². The number of esters is 1. The van der Waals surface area contributed by atoms with Crippen molar-refractivity contribution >= 4 is 23.3 Å². The van der Waals surface area contributed by atoms with E-state index in [0.717, 1.165) is 5.57 Å². The summed E-state index contributed by atoms with van der Waals surface area (Å²) in [5.41, 5.74) is -6.29. The number of fused-ring (bicyclic) bond motifs is 5. The Morgan fingerprint density at radius 3 is 2.24 bits per heavy atom. The molecule has 41 heavy (non-hydrogen) atoms. The Morgan fingerprint density at radius 1 is 1.10 bits per heavy atom. The van der Waals surface area contributed by atoms with E-state index in [9.17, 15) is 39.6 Å². The summed E-state index contributed by atoms with van der Waals surface area (Å²) in [6.45, 7) is 14.7. The summed E-state index contributed by atoms with van der Waals surface area (Å²) >= 11 is 0. The van der Waals surface area contributed by atoms with Gasteiger partial charge in [0.1, 0.15) is 23.1 Å². The van der Waals surface area contributed by atoms with E-state index >= 15 is 0 Å². The molecule has 9 heteroatoms. The quantitative estimate of drug-likeness (QED) is 0.276. The Morgan fingerprint density at radius 2 is 1.68 bits per heavy atom. The van der Waals surface area contributed by atoms with E-state index in [1.807, 2.05) is 26.8 Å². The molecule has 4 rings (SSSR count). The SMILES string of the molecule is CC(=O)OC(C)(C)[C@H](O)CC(=O)[C@](C)(O)[C@H]1[C@H](O)C[C@@]2(C)[C@@H]3CC=C4[C@@H](C=C(O)C(=O)C4(C)C)[C@]3(C)C(=O)C[C@]12C. The van der Waals surface area contributed by atoms with Gasteiger partial charge in [-0.2, -0.15) is 0 Å². The maximum Gasteiger partial charge on any atom is 0.303 e. The summed E-state index contributed by atoms with van der Waals surface area (Å²) in [5.74, 6) is -3.99. The molecule has 0 radical (unpaired) electrons. The molecular formula is C32H46O9. The fourth-order valence-corrected chi connectivity index (χ4v) is 9.21. The van der Waals surface area contributed by atoms with Crippen molar-refractivity contribution in [1.29, 1.82) is 0 Å². The minimum absolute atomic E-state index is 0.0179. The van der Waals surface area contributed by atoms with E-state index in [2.05, 4.69) is 0 Å². The van der Waals surface area contributed by atoms with E-state index in [1.165, 1.54) is 33.8 Å². The van der Waals surface area contributed by atoms with Crippen LogP contribution >= 0.6 is 0 Å². The predicted octanol–water partition coefficient (Wildman–Crippen LogP) is 3.39. The molecule has 0 aromatic rings. The summed E-state index contributed by atoms with van der Waals surface area (Å²) in [7, 11) is 0. The first kappa shape index (κ1) is 31.6. The lowest BCUT2D eigenvalue weighted by Gasteiger charge is -2.63. The van der Waals surface area contributed by atoms with Crippen molar-refractivity contribution in [3.8, 4) is 0 Å². The minimum Gasteiger partial charge on any atom is -0.505 e. The molecule has 0 aromatic heterocycles. The first-order valence-electron chi connectivity index (χ1n) is 14.5. The van der Waals surface area contributed by atoms with Gasteiger partial charge in [-0.1, -0.05) is 32.4 Å². The van der Waals surface area contributed by atoms with Crippen LogP contribution in [-0.4, -0.2) is 67.2 Å². The number of carbonyl (C=O) groups excluding carboxylic acids is 4. The highest BCUT2D eigenvalue weighted by Gasteiger charge is 2.74. The molecular weight excluding hydrogens is 528 g/mol. The van der Waals surface area contributed by atoms with E-state index in [1.54, 1.807) is 13.8 Å². The fraction of sp³-hybridized carbons (Fsp3) is 0.750. The van der Waals surface area contributed by atoms with Crippen molar-refractivity contribution in [3.05, 3.63) is 23.5 Å². The summed E-state index contributed by atoms with van der Waals surface area (Å²) in [6.07, 6.45) is 1.16. The molecule has 228 valence electrons. The Bertz CT molecular complexity index is 1260. The molecule has 0 unspecified atom stereocenters. The first-order valence-corrected chi connectivity index (χ1v) is 14.5. The van der Waals surface area contributed by atoms with Crippen LogP contribution in [0.2, 0.25) is 0 Å². The lowest BCUT2D eigenvalue weighted by atomic mass is 9.39. The van der Waals surface area contributed by atoms with Crippen LogP contribution < -0.4 is 0 Å². The second-order valence-corrected chi connectivity index (χ2v) is 14.9. The second-order valence-electron chi connectivity index (χ2n) is 14.9. The van der Waals surface area contributed by atoms with Gasteiger partial charge in [0.2, 0.25) is 5.78 Å². The van der Waals surface area contributed by atoms with Crippen molar-refractivity contribution in [2.75, 3.05) is 0 Å². The highest BCUT2D eigenvalue weighted by molar-refractivity contribution is 6.02. The summed E-state index contributed by atoms with van der Waals surface area (Å²) in [6, 6.07) is 0. The number of rotatable bonds is 6. The number of allylic oxidation sites excluding steroid dienone is 4. The molecule has 0 aromatic carbocycles. The lowest BCUT2D eigenvalue weighted by molar-refractivity contribution is -0.183. The number of carbonyl (C=O) groups is 4. The van der Waals surface area contributed by atoms with Crippen molar-refractivity contribution in [3.63, 3.8) is 0 Å². The van der Waals surface area contributed by atoms with Crippen molar-refractivity contribution in [2.24, 2.45) is 39.4 Å². The van der Waals surface area contributed by atoms with Crippen LogP contribution in [-0.2, 0) is 23.9 Å². The average Bonchev–Trinajstić information content (AvgIpc) is 3.02. The summed E-state index contributed by atoms with van der Waals surface area (Å²) in [4.78, 5) is 52.2. The molecule has 0 aliphatic heterocycles. The number of ketones is 3. The Labute approximate surface area is 242 Å². The molecule has 0 amide bonds. The van der Waals surface area contributed by atoms with Crippen LogP contribution in [0.25, 0.3) is 0 Å². The van der Waals surface area contributed by atoms with Gasteiger partial charge >= 0.3 is 5.97 Å². The zero-order valence-electron chi connectivity index (χ0n) is 25.7. The highest BCUT2D eigenvalue weighted by atomic mass is 16.6. The number of Topliss-reactive ketones (excluding diaryl/α,β-unsaturated/α-hetero) is 3. The molecule has 0 heterocycles. The second kappa shape index (κ2) is 9.32. The Kier molecular flexibility index (Phi) is 7.18. The zero-order chi connectivity index (χ0) is 31.3. The van der Waals surface area contributed by atoms with Crippen molar-refractivity contribution in [1.82, 2.24) is 0 Å². The van der Waals surface area contributed by atoms with Crippen LogP contribution in [0.15, 0.2) is 23.5 Å². The third-order valence-electron chi connectivity index (χ3n) is 11.8. The third kappa shape index (κ3) is 4.20. The van der Waals surface area contributed by atoms with Crippen LogP contribution in [0.5, 0.6) is 0 Å². The normalized spacial score (nSPS) is 40.3. The van der Waals surface area contributed by atoms with Gasteiger partial charge in [-0.15, -0.1) is 0 Å². The number of aliphatic hydroxyl groups is 4. The molecule has 9 atom stereocenters. The smallest absolute Gasteiger partial charge is 0.303 e. The van der Waals surface area contributed by atoms with E-state index in [4.69, 9.17) is 4.74 Å². The number of aliphatic hydroxyl groups excluding tert-OH is 3. The largest absolute Gasteiger partial charge is 0.505 e. The molecule has 0 spiro atoms. The summed E-state index contributed by atoms with van der Waals surface area (Å²) < 4.78 is 5.17. The standard InChI is InChI=1S/C32H46O9/c1-16(33)41-28(4,5)22(36)13-23(37)32(9,40)25-20(35)14-29(6)21-11-10-17-18(12-19(34)26(39)27(17,2)3)31(21,8)24(38)15-30(25,29)7/h10,12,18,20-22,25,34-36,40H,11,13-15H2,1-9H3/t18-,20-,21+,22-,25+,29+,30-,31+,32+/m1/s1. The first-order chi connectivity index (χ1) is 18.5. The van der Waals surface area contributed by atoms with Gasteiger partial charge in [0.25, 0.3) is 0 Å². The number of hydrogen-bond acceptors (Lipinski definition) is 9. The van der Waals surface area contributed by atoms with E-state index < -0.39 is 75.1 Å². The van der Waals surface area contributed by atoms with Gasteiger partial charge in [-0.3, -0.25) is 19.2 Å². The van der Waals surface area contributed by atoms with Crippen LogP contribution in [0.3, 0.4) is 0 Å². The topological polar surface area (TPSA) is 158 Å². The van der Waals surface area contributed by atoms with Gasteiger partial charge < -0.3 is 25.2 Å². The number of hydrogen-bond donors (Lipinski definition) is 4.